The van der Waals surface area contributed by atoms with Gasteiger partial charge in [0.2, 0.25) is 5.91 Å². The Hall–Kier alpha value is -2.43. The molecule has 3 aliphatic rings. The minimum absolute atomic E-state index is 0.00583. The van der Waals surface area contributed by atoms with Crippen LogP contribution in [0, 0.1) is 50.2 Å². The van der Waals surface area contributed by atoms with Crippen LogP contribution in [0.1, 0.15) is 120 Å². The van der Waals surface area contributed by atoms with Crippen LogP contribution in [0.2, 0.25) is 0 Å². The van der Waals surface area contributed by atoms with E-state index in [1.807, 2.05) is 18.3 Å². The molecule has 43 heavy (non-hydrogen) atoms. The molecule has 1 amide bonds. The third-order valence-corrected chi connectivity index (χ3v) is 11.9. The molecule has 0 saturated heterocycles. The van der Waals surface area contributed by atoms with Gasteiger partial charge in [-0.15, -0.1) is 0 Å². The molecule has 0 radical (unpaired) electrons. The summed E-state index contributed by atoms with van der Waals surface area (Å²) >= 11 is 0. The van der Waals surface area contributed by atoms with Crippen LogP contribution in [0.3, 0.4) is 0 Å². The van der Waals surface area contributed by atoms with E-state index in [9.17, 15) is 32.8 Å². The monoisotopic (exact) mass is 604 g/mol. The number of nitrogens with one attached hydrogen (secondary N) is 1. The molecular formula is C35H51F3N2O3. The van der Waals surface area contributed by atoms with Crippen LogP contribution in [0.5, 0.6) is 0 Å². The lowest BCUT2D eigenvalue weighted by atomic mass is 9.44. The number of hydrogen-bond acceptors (Lipinski definition) is 4. The molecule has 2 fully saturated rings. The molecule has 0 aromatic heterocycles. The van der Waals surface area contributed by atoms with Gasteiger partial charge in [-0.2, -0.15) is 18.4 Å². The molecular weight excluding hydrogens is 553 g/mol. The number of carbonyl (C=O) groups is 3. The van der Waals surface area contributed by atoms with E-state index in [4.69, 9.17) is 0 Å². The minimum Gasteiger partial charge on any atom is -0.347 e. The van der Waals surface area contributed by atoms with E-state index in [2.05, 4.69) is 47.6 Å². The third kappa shape index (κ3) is 7.45. The Morgan fingerprint density at radius 1 is 1.07 bits per heavy atom. The Morgan fingerprint density at radius 3 is 2.21 bits per heavy atom. The molecule has 0 spiro atoms. The maximum atomic E-state index is 12.9. The van der Waals surface area contributed by atoms with Crippen molar-refractivity contribution in [1.82, 2.24) is 5.32 Å². The van der Waals surface area contributed by atoms with Crippen LogP contribution in [0.25, 0.3) is 0 Å². The molecule has 0 aromatic carbocycles. The van der Waals surface area contributed by atoms with Gasteiger partial charge >= 0.3 is 6.18 Å². The fourth-order valence-electron chi connectivity index (χ4n) is 8.34. The number of carbonyl (C=O) groups excluding carboxylic acids is 3. The van der Waals surface area contributed by atoms with Crippen molar-refractivity contribution in [2.45, 2.75) is 126 Å². The number of alkyl halides is 3. The molecule has 3 rings (SSSR count). The van der Waals surface area contributed by atoms with Crippen molar-refractivity contribution in [1.29, 1.82) is 5.26 Å². The lowest BCUT2D eigenvalue weighted by Crippen LogP contribution is -2.52. The van der Waals surface area contributed by atoms with Crippen molar-refractivity contribution >= 4 is 17.5 Å². The number of halogens is 3. The zero-order valence-corrected chi connectivity index (χ0v) is 27.4. The van der Waals surface area contributed by atoms with E-state index < -0.39 is 29.5 Å². The van der Waals surface area contributed by atoms with Crippen molar-refractivity contribution < 1.29 is 27.6 Å². The van der Waals surface area contributed by atoms with Crippen molar-refractivity contribution in [2.24, 2.45) is 38.9 Å². The number of ketones is 2. The quantitative estimate of drug-likeness (QED) is 0.268. The van der Waals surface area contributed by atoms with Gasteiger partial charge in [0.15, 0.2) is 11.6 Å². The summed E-state index contributed by atoms with van der Waals surface area (Å²) in [7, 11) is 0. The summed E-state index contributed by atoms with van der Waals surface area (Å²) < 4.78 is 38.1. The number of hydrogen-bond donors (Lipinski definition) is 1. The highest BCUT2D eigenvalue weighted by Crippen LogP contribution is 2.65. The first kappa shape index (κ1) is 35.1. The Bertz CT molecular complexity index is 1210. The predicted molar refractivity (Wildman–Crippen MR) is 162 cm³/mol. The van der Waals surface area contributed by atoms with E-state index in [0.29, 0.717) is 6.42 Å². The first-order valence-electron chi connectivity index (χ1n) is 15.8. The number of Topliss-reactive ketones (excluding diaryl/α,β-unsaturated/α-hetero) is 1. The average Bonchev–Trinajstić information content (AvgIpc) is 2.90. The number of nitrogens with zero attached hydrogens (tertiary/aromatic N) is 1. The van der Waals surface area contributed by atoms with Crippen molar-refractivity contribution in [3.05, 3.63) is 23.3 Å². The zero-order valence-electron chi connectivity index (χ0n) is 27.4. The lowest BCUT2D eigenvalue weighted by Gasteiger charge is -2.59. The number of rotatable bonds is 9. The summed E-state index contributed by atoms with van der Waals surface area (Å²) in [6, 6.07) is 2.11. The second kappa shape index (κ2) is 12.2. The van der Waals surface area contributed by atoms with E-state index in [1.54, 1.807) is 13.0 Å². The average molecular weight is 605 g/mol. The Labute approximate surface area is 256 Å². The van der Waals surface area contributed by atoms with Crippen molar-refractivity contribution in [2.75, 3.05) is 6.54 Å². The fraction of sp³-hybridized carbons (Fsp3) is 0.771. The normalized spacial score (nSPS) is 31.5. The number of amides is 1. The molecule has 240 valence electrons. The van der Waals surface area contributed by atoms with Crippen LogP contribution < -0.4 is 5.32 Å². The Balaban J connectivity index is 1.92. The number of fused-ring (bicyclic) bond motifs is 1. The van der Waals surface area contributed by atoms with E-state index in [1.165, 1.54) is 0 Å². The highest BCUT2D eigenvalue weighted by atomic mass is 19.4. The topological polar surface area (TPSA) is 87.0 Å². The number of allylic oxidation sites excluding steroid dienone is 4. The molecule has 0 unspecified atom stereocenters. The van der Waals surface area contributed by atoms with Gasteiger partial charge < -0.3 is 5.32 Å². The summed E-state index contributed by atoms with van der Waals surface area (Å²) in [5.74, 6) is -1.08. The Kier molecular flexibility index (Phi) is 9.91. The second-order valence-corrected chi connectivity index (χ2v) is 15.7. The standard InChI is InChI=1S/C35H51F3N2O3/c1-23(41)19-27-32(7)20-25(21-39)29(43)24(2)26(32)9-11-33(27,8)31(5,6)15-18-34(16-13-30(3,4)14-17-34)12-10-28(42)40-22-35(36,37)38/h19-20,24,26H,9-18,22H2,1-8H3,(H,40,42)/b27-19-/t24-,26-,32-,33+/m0/s1. The van der Waals surface area contributed by atoms with Gasteiger partial charge in [0.05, 0.1) is 5.57 Å². The highest BCUT2D eigenvalue weighted by molar-refractivity contribution is 6.02. The molecule has 0 aliphatic heterocycles. The predicted octanol–water partition coefficient (Wildman–Crippen LogP) is 8.44. The van der Waals surface area contributed by atoms with Gasteiger partial charge in [0.25, 0.3) is 0 Å². The smallest absolute Gasteiger partial charge is 0.347 e. The second-order valence-electron chi connectivity index (χ2n) is 15.7. The lowest BCUT2D eigenvalue weighted by molar-refractivity contribution is -0.138. The first-order valence-corrected chi connectivity index (χ1v) is 15.8. The van der Waals surface area contributed by atoms with Crippen LogP contribution in [-0.4, -0.2) is 30.2 Å². The molecule has 0 bridgehead atoms. The largest absolute Gasteiger partial charge is 0.405 e. The summed E-state index contributed by atoms with van der Waals surface area (Å²) in [5, 5.41) is 11.8. The van der Waals surface area contributed by atoms with Gasteiger partial charge in [-0.1, -0.05) is 60.1 Å². The maximum Gasteiger partial charge on any atom is 0.405 e. The molecule has 0 aromatic rings. The van der Waals surface area contributed by atoms with Crippen LogP contribution in [0.15, 0.2) is 23.3 Å². The van der Waals surface area contributed by atoms with Gasteiger partial charge in [-0.25, -0.2) is 0 Å². The van der Waals surface area contributed by atoms with Gasteiger partial charge in [-0.05, 0) is 98.4 Å². The van der Waals surface area contributed by atoms with E-state index in [-0.39, 0.29) is 51.6 Å². The third-order valence-electron chi connectivity index (χ3n) is 11.9. The SMILES string of the molecule is CC(=O)/C=C1/[C@@]2(C)C=C(C#N)C(=O)[C@@H](C)[C@@H]2CC[C@@]1(C)C(C)(C)CCC1(CCC(=O)NCC(F)(F)F)CCC(C)(C)CC1. The molecule has 0 heterocycles. The maximum absolute atomic E-state index is 12.9. The van der Waals surface area contributed by atoms with Crippen LogP contribution >= 0.6 is 0 Å². The summed E-state index contributed by atoms with van der Waals surface area (Å²) in [5.41, 5.74) is -0.122. The zero-order chi connectivity index (χ0) is 32.6. The summed E-state index contributed by atoms with van der Waals surface area (Å²) in [6.45, 7) is 15.4. The molecule has 5 nitrogen and oxygen atoms in total. The minimum atomic E-state index is -4.44. The van der Waals surface area contributed by atoms with E-state index in [0.717, 1.165) is 56.9 Å². The number of nitriles is 1. The van der Waals surface area contributed by atoms with Gasteiger partial charge in [0.1, 0.15) is 12.6 Å². The first-order chi connectivity index (χ1) is 19.6. The Morgan fingerprint density at radius 2 is 1.67 bits per heavy atom. The molecule has 8 heteroatoms. The fourth-order valence-corrected chi connectivity index (χ4v) is 8.34. The summed E-state index contributed by atoms with van der Waals surface area (Å²) in [4.78, 5) is 38.0. The van der Waals surface area contributed by atoms with Gasteiger partial charge in [-0.3, -0.25) is 14.4 Å². The van der Waals surface area contributed by atoms with Crippen molar-refractivity contribution in [3.8, 4) is 6.07 Å². The molecule has 1 N–H and O–H groups in total. The van der Waals surface area contributed by atoms with Crippen LogP contribution in [0.4, 0.5) is 13.2 Å². The highest BCUT2D eigenvalue weighted by Gasteiger charge is 2.58. The van der Waals surface area contributed by atoms with Crippen LogP contribution in [-0.2, 0) is 14.4 Å². The molecule has 4 atom stereocenters. The molecule has 3 aliphatic carbocycles. The van der Waals surface area contributed by atoms with E-state index >= 15 is 0 Å². The van der Waals surface area contributed by atoms with Gasteiger partial charge in [0, 0.05) is 17.8 Å². The molecule has 2 saturated carbocycles. The van der Waals surface area contributed by atoms with Crippen molar-refractivity contribution in [3.63, 3.8) is 0 Å². The summed E-state index contributed by atoms with van der Waals surface area (Å²) in [6.07, 6.45) is 6.81.